The minimum Gasteiger partial charge on any atom is -0.393 e. The van der Waals surface area contributed by atoms with E-state index in [2.05, 4.69) is 4.74 Å². The van der Waals surface area contributed by atoms with Crippen LogP contribution in [0.25, 0.3) is 0 Å². The van der Waals surface area contributed by atoms with Crippen LogP contribution in [0.2, 0.25) is 0 Å². The lowest BCUT2D eigenvalue weighted by molar-refractivity contribution is -0.430. The van der Waals surface area contributed by atoms with Crippen LogP contribution in [0.5, 0.6) is 0 Å². The van der Waals surface area contributed by atoms with Crippen molar-refractivity contribution in [2.45, 2.75) is 60.6 Å². The summed E-state index contributed by atoms with van der Waals surface area (Å²) in [5, 5.41) is 0. The van der Waals surface area contributed by atoms with Gasteiger partial charge in [-0.1, -0.05) is 0 Å². The van der Waals surface area contributed by atoms with E-state index in [1.165, 1.54) is 0 Å². The van der Waals surface area contributed by atoms with E-state index in [1.807, 2.05) is 0 Å². The highest BCUT2D eigenvalue weighted by molar-refractivity contribution is 5.15. The van der Waals surface area contributed by atoms with Gasteiger partial charge in [0.15, 0.2) is 0 Å². The molecule has 0 aliphatic heterocycles. The fourth-order valence-electron chi connectivity index (χ4n) is 1.50. The van der Waals surface area contributed by atoms with Crippen LogP contribution in [0.1, 0.15) is 0 Å². The summed E-state index contributed by atoms with van der Waals surface area (Å²) in [6.07, 6.45) is -47.1. The Bertz CT molecular complexity index is 981. The van der Waals surface area contributed by atoms with E-state index in [9.17, 15) is 114 Å². The highest BCUT2D eigenvalue weighted by Crippen LogP contribution is 2.53. The van der Waals surface area contributed by atoms with Crippen LogP contribution in [0.15, 0.2) is 23.5 Å². The molecular formula is C14F26O3. The smallest absolute Gasteiger partial charge is 0.393 e. The average molecular weight is 710 g/mol. The molecule has 0 rings (SSSR count). The molecule has 3 nitrogen and oxygen atoms in total. The summed E-state index contributed by atoms with van der Waals surface area (Å²) in [6, 6.07) is 0. The molecule has 0 saturated heterocycles. The fourth-order valence-corrected chi connectivity index (χ4v) is 1.50. The van der Waals surface area contributed by atoms with Crippen molar-refractivity contribution < 1.29 is 128 Å². The van der Waals surface area contributed by atoms with Crippen LogP contribution >= 0.6 is 0 Å². The second-order valence-electron chi connectivity index (χ2n) is 6.83. The normalized spacial score (nSPS) is 16.9. The molecule has 0 saturated carbocycles. The second kappa shape index (κ2) is 10.9. The van der Waals surface area contributed by atoms with Crippen LogP contribution in [-0.4, -0.2) is 60.6 Å². The predicted molar refractivity (Wildman–Crippen MR) is 73.4 cm³/mol. The highest BCUT2D eigenvalue weighted by Gasteiger charge is 2.78. The number of alkyl halides is 24. The molecule has 0 radical (unpaired) electrons. The van der Waals surface area contributed by atoms with Crippen LogP contribution in [0.4, 0.5) is 114 Å². The van der Waals surface area contributed by atoms with Gasteiger partial charge >= 0.3 is 72.5 Å². The SMILES string of the molecule is FC(=C(OC(OC(F)(F)C(F)(F)C(F)(F)F)=C(F)C(F)(F)C(F)(F)F)OC(F)(F)C(F)(F)C(F)(F)F)C(F)(F)C(F)(F)F. The van der Waals surface area contributed by atoms with E-state index in [0.29, 0.717) is 0 Å². The van der Waals surface area contributed by atoms with E-state index >= 15 is 0 Å². The molecule has 256 valence electrons. The second-order valence-corrected chi connectivity index (χ2v) is 6.83. The van der Waals surface area contributed by atoms with Gasteiger partial charge in [0.25, 0.3) is 11.7 Å². The van der Waals surface area contributed by atoms with Gasteiger partial charge in [-0.3, -0.25) is 0 Å². The van der Waals surface area contributed by atoms with Crippen molar-refractivity contribution in [1.82, 2.24) is 0 Å². The maximum absolute atomic E-state index is 13.7. The van der Waals surface area contributed by atoms with Crippen LogP contribution in [0, 0.1) is 0 Å². The molecule has 0 bridgehead atoms. The summed E-state index contributed by atoms with van der Waals surface area (Å²) in [5.74, 6) is -52.7. The van der Waals surface area contributed by atoms with Gasteiger partial charge in [-0.25, -0.2) is 0 Å². The van der Waals surface area contributed by atoms with Gasteiger partial charge in [-0.05, 0) is 0 Å². The first-order valence-electron chi connectivity index (χ1n) is 8.64. The molecule has 29 heteroatoms. The van der Waals surface area contributed by atoms with E-state index < -0.39 is 84.2 Å². The molecule has 0 fully saturated rings. The van der Waals surface area contributed by atoms with Crippen LogP contribution < -0.4 is 0 Å². The molecular weight excluding hydrogens is 710 g/mol. The van der Waals surface area contributed by atoms with Gasteiger partial charge < -0.3 is 14.2 Å². The summed E-state index contributed by atoms with van der Waals surface area (Å²) in [7, 11) is 0. The molecule has 0 aromatic carbocycles. The summed E-state index contributed by atoms with van der Waals surface area (Å²) < 4.78 is 337. The average Bonchev–Trinajstić information content (AvgIpc) is 2.73. The Kier molecular flexibility index (Phi) is 10.2. The Morgan fingerprint density at radius 2 is 0.535 bits per heavy atom. The van der Waals surface area contributed by atoms with E-state index in [0.717, 1.165) is 0 Å². The lowest BCUT2D eigenvalue weighted by Crippen LogP contribution is -2.54. The molecule has 0 heterocycles. The van der Waals surface area contributed by atoms with Gasteiger partial charge in [0.1, 0.15) is 0 Å². The minimum absolute atomic E-state index is 1.66. The summed E-state index contributed by atoms with van der Waals surface area (Å²) >= 11 is 0. The third-order valence-electron chi connectivity index (χ3n) is 3.69. The van der Waals surface area contributed by atoms with Crippen LogP contribution in [0.3, 0.4) is 0 Å². The summed E-state index contributed by atoms with van der Waals surface area (Å²) in [5.41, 5.74) is 0. The third kappa shape index (κ3) is 7.41. The van der Waals surface area contributed by atoms with Crippen molar-refractivity contribution in [2.24, 2.45) is 0 Å². The summed E-state index contributed by atoms with van der Waals surface area (Å²) in [4.78, 5) is 0. The van der Waals surface area contributed by atoms with Crippen LogP contribution in [-0.2, 0) is 14.2 Å². The van der Waals surface area contributed by atoms with E-state index in [4.69, 9.17) is 0 Å². The standard InChI is InChI=1S/C14F26O3/c15-1(5(17,18)9(25,26)27)3(42-13(37,38)7(21,22)11(31,32)33)41-4(2(16)6(19,20)10(28,29)30)43-14(39,40)8(23,24)12(34,35)36. The van der Waals surface area contributed by atoms with Crippen molar-refractivity contribution in [3.63, 3.8) is 0 Å². The maximum Gasteiger partial charge on any atom is 0.476 e. The quantitative estimate of drug-likeness (QED) is 0.167. The minimum atomic E-state index is -8.05. The predicted octanol–water partition coefficient (Wildman–Crippen LogP) is 9.29. The molecule has 0 aromatic heterocycles. The topological polar surface area (TPSA) is 27.7 Å². The first kappa shape index (κ1) is 40.1. The monoisotopic (exact) mass is 710 g/mol. The molecule has 0 unspecified atom stereocenters. The van der Waals surface area contributed by atoms with Crippen molar-refractivity contribution in [3.8, 4) is 0 Å². The van der Waals surface area contributed by atoms with E-state index in [-0.39, 0.29) is 0 Å². The molecule has 0 amide bonds. The lowest BCUT2D eigenvalue weighted by atomic mass is 10.2. The Morgan fingerprint density at radius 1 is 0.326 bits per heavy atom. The third-order valence-corrected chi connectivity index (χ3v) is 3.69. The molecule has 0 aliphatic carbocycles. The Hall–Kier alpha value is -2.94. The lowest BCUT2D eigenvalue weighted by Gasteiger charge is -2.31. The summed E-state index contributed by atoms with van der Waals surface area (Å²) in [6.45, 7) is 0. The molecule has 43 heavy (non-hydrogen) atoms. The first-order valence-corrected chi connectivity index (χ1v) is 8.64. The number of halogens is 26. The van der Waals surface area contributed by atoms with Gasteiger partial charge in [-0.2, -0.15) is 114 Å². The molecule has 0 aromatic rings. The maximum atomic E-state index is 13.7. The van der Waals surface area contributed by atoms with Gasteiger partial charge in [-0.15, -0.1) is 0 Å². The molecule has 0 N–H and O–H groups in total. The zero-order valence-electron chi connectivity index (χ0n) is 18.1. The van der Waals surface area contributed by atoms with Gasteiger partial charge in [0.05, 0.1) is 0 Å². The first-order chi connectivity index (χ1) is 18.2. The van der Waals surface area contributed by atoms with Crippen molar-refractivity contribution in [3.05, 3.63) is 23.5 Å². The van der Waals surface area contributed by atoms with Gasteiger partial charge in [0, 0.05) is 0 Å². The highest BCUT2D eigenvalue weighted by atomic mass is 19.5. The molecule has 0 spiro atoms. The van der Waals surface area contributed by atoms with Crippen molar-refractivity contribution in [2.75, 3.05) is 0 Å². The fraction of sp³-hybridized carbons (Fsp3) is 0.714. The molecule has 0 atom stereocenters. The number of hydrogen-bond donors (Lipinski definition) is 0. The largest absolute Gasteiger partial charge is 0.476 e. The number of hydrogen-bond acceptors (Lipinski definition) is 3. The number of ether oxygens (including phenoxy) is 3. The Balaban J connectivity index is 7.85. The number of rotatable bonds is 10. The zero-order chi connectivity index (χ0) is 35.4. The van der Waals surface area contributed by atoms with Crippen molar-refractivity contribution in [1.29, 1.82) is 0 Å². The Labute approximate surface area is 214 Å². The molecule has 0 aliphatic rings. The Morgan fingerprint density at radius 3 is 0.698 bits per heavy atom. The number of allylic oxidation sites excluding steroid dienone is 2. The zero-order valence-corrected chi connectivity index (χ0v) is 18.1. The van der Waals surface area contributed by atoms with E-state index in [1.54, 1.807) is 9.47 Å². The van der Waals surface area contributed by atoms with Gasteiger partial charge in [0.2, 0.25) is 0 Å². The van der Waals surface area contributed by atoms with Crippen molar-refractivity contribution >= 4 is 0 Å².